The average molecular weight is 266 g/mol. The highest BCUT2D eigenvalue weighted by Gasteiger charge is 2.37. The second kappa shape index (κ2) is 5.17. The van der Waals surface area contributed by atoms with Gasteiger partial charge in [-0.3, -0.25) is 0 Å². The predicted octanol–water partition coefficient (Wildman–Crippen LogP) is 2.82. The topological polar surface area (TPSA) is 36.4 Å². The van der Waals surface area contributed by atoms with Crippen LogP contribution in [-0.2, 0) is 13.0 Å². The summed E-state index contributed by atoms with van der Waals surface area (Å²) in [6.07, 6.45) is 6.32. The number of fused-ring (bicyclic) bond motifs is 1. The number of aliphatic hydroxyl groups excluding tert-OH is 1. The molecular weight excluding hydrogens is 244 g/mol. The third-order valence-electron chi connectivity index (χ3n) is 4.39. The molecule has 18 heavy (non-hydrogen) atoms. The zero-order valence-electron chi connectivity index (χ0n) is 11.1. The van der Waals surface area contributed by atoms with E-state index in [1.165, 1.54) is 32.4 Å². The van der Waals surface area contributed by atoms with Crippen LogP contribution >= 0.6 is 11.3 Å². The van der Waals surface area contributed by atoms with Crippen LogP contribution in [0, 0.1) is 11.8 Å². The number of aliphatic hydroxyl groups is 1. The van der Waals surface area contributed by atoms with E-state index in [1.807, 2.05) is 0 Å². The van der Waals surface area contributed by atoms with Crippen molar-refractivity contribution in [3.05, 3.63) is 10.6 Å². The van der Waals surface area contributed by atoms with Crippen molar-refractivity contribution >= 4 is 16.5 Å². The van der Waals surface area contributed by atoms with Crippen molar-refractivity contribution in [2.24, 2.45) is 11.8 Å². The van der Waals surface area contributed by atoms with Gasteiger partial charge in [0.15, 0.2) is 5.13 Å². The number of thiazole rings is 1. The van der Waals surface area contributed by atoms with Crippen molar-refractivity contribution in [3.63, 3.8) is 0 Å². The molecule has 3 rings (SSSR count). The number of aromatic nitrogens is 1. The van der Waals surface area contributed by atoms with Crippen LogP contribution in [0.4, 0.5) is 5.13 Å². The lowest BCUT2D eigenvalue weighted by Crippen LogP contribution is -2.20. The zero-order chi connectivity index (χ0) is 12.5. The van der Waals surface area contributed by atoms with Gasteiger partial charge in [-0.05, 0) is 31.1 Å². The zero-order valence-corrected chi connectivity index (χ0v) is 11.9. The third kappa shape index (κ3) is 2.16. The number of aryl methyl sites for hydroxylation is 1. The highest BCUT2D eigenvalue weighted by atomic mass is 32.1. The first kappa shape index (κ1) is 12.4. The van der Waals surface area contributed by atoms with Crippen molar-refractivity contribution in [2.75, 3.05) is 18.0 Å². The molecule has 3 nitrogen and oxygen atoms in total. The summed E-state index contributed by atoms with van der Waals surface area (Å²) < 4.78 is 0. The monoisotopic (exact) mass is 266 g/mol. The molecule has 2 fully saturated rings. The van der Waals surface area contributed by atoms with Gasteiger partial charge < -0.3 is 10.0 Å². The summed E-state index contributed by atoms with van der Waals surface area (Å²) in [5, 5.41) is 10.6. The fraction of sp³-hybridized carbons (Fsp3) is 0.786. The van der Waals surface area contributed by atoms with Gasteiger partial charge in [-0.2, -0.15) is 0 Å². The molecule has 0 spiro atoms. The summed E-state index contributed by atoms with van der Waals surface area (Å²) >= 11 is 1.70. The molecule has 1 saturated heterocycles. The standard InChI is InChI=1S/C14H22N2OS/c1-2-4-12-13(9-17)18-14(15-12)16-7-10-5-3-6-11(10)8-16/h10-11,17H,2-9H2,1H3. The van der Waals surface area contributed by atoms with Gasteiger partial charge in [0, 0.05) is 13.1 Å². The molecule has 0 bridgehead atoms. The molecule has 1 aliphatic carbocycles. The molecule has 1 aromatic rings. The SMILES string of the molecule is CCCc1nc(N2CC3CCCC3C2)sc1CO. The molecular formula is C14H22N2OS. The van der Waals surface area contributed by atoms with E-state index < -0.39 is 0 Å². The van der Waals surface area contributed by atoms with Gasteiger partial charge in [0.25, 0.3) is 0 Å². The summed E-state index contributed by atoms with van der Waals surface area (Å²) in [6.45, 7) is 4.69. The van der Waals surface area contributed by atoms with E-state index >= 15 is 0 Å². The number of hydrogen-bond donors (Lipinski definition) is 1. The van der Waals surface area contributed by atoms with Crippen LogP contribution < -0.4 is 4.90 Å². The Morgan fingerprint density at radius 3 is 2.67 bits per heavy atom. The average Bonchev–Trinajstić information content (AvgIpc) is 3.00. The van der Waals surface area contributed by atoms with E-state index in [4.69, 9.17) is 4.98 Å². The van der Waals surface area contributed by atoms with Crippen molar-refractivity contribution in [3.8, 4) is 0 Å². The molecule has 2 unspecified atom stereocenters. The predicted molar refractivity (Wildman–Crippen MR) is 75.1 cm³/mol. The summed E-state index contributed by atoms with van der Waals surface area (Å²) in [6, 6.07) is 0. The Morgan fingerprint density at radius 2 is 2.06 bits per heavy atom. The number of nitrogens with zero attached hydrogens (tertiary/aromatic N) is 2. The van der Waals surface area contributed by atoms with Gasteiger partial charge in [0.1, 0.15) is 0 Å². The molecule has 100 valence electrons. The Bertz CT molecular complexity index is 406. The Labute approximate surface area is 113 Å². The number of hydrogen-bond acceptors (Lipinski definition) is 4. The van der Waals surface area contributed by atoms with Crippen molar-refractivity contribution in [1.82, 2.24) is 4.98 Å². The third-order valence-corrected chi connectivity index (χ3v) is 5.54. The fourth-order valence-electron chi connectivity index (χ4n) is 3.45. The largest absolute Gasteiger partial charge is 0.391 e. The number of anilines is 1. The first-order valence-electron chi connectivity index (χ1n) is 7.16. The summed E-state index contributed by atoms with van der Waals surface area (Å²) in [7, 11) is 0. The second-order valence-corrected chi connectivity index (χ2v) is 6.69. The van der Waals surface area contributed by atoms with Gasteiger partial charge in [-0.1, -0.05) is 31.1 Å². The van der Waals surface area contributed by atoms with E-state index in [0.717, 1.165) is 40.4 Å². The minimum absolute atomic E-state index is 0.147. The van der Waals surface area contributed by atoms with Gasteiger partial charge in [0.05, 0.1) is 17.2 Å². The maximum atomic E-state index is 9.41. The lowest BCUT2D eigenvalue weighted by molar-refractivity contribution is 0.284. The molecule has 2 atom stereocenters. The molecule has 1 saturated carbocycles. The molecule has 2 aliphatic rings. The van der Waals surface area contributed by atoms with Crippen LogP contribution in [0.1, 0.15) is 43.2 Å². The molecule has 1 N–H and O–H groups in total. The van der Waals surface area contributed by atoms with Gasteiger partial charge >= 0.3 is 0 Å². The van der Waals surface area contributed by atoms with Crippen molar-refractivity contribution in [2.45, 2.75) is 45.6 Å². The lowest BCUT2D eigenvalue weighted by atomic mass is 10.0. The summed E-state index contributed by atoms with van der Waals surface area (Å²) in [5.74, 6) is 1.81. The second-order valence-electron chi connectivity index (χ2n) is 5.63. The van der Waals surface area contributed by atoms with Crippen LogP contribution in [0.5, 0.6) is 0 Å². The van der Waals surface area contributed by atoms with E-state index in [-0.39, 0.29) is 6.61 Å². The van der Waals surface area contributed by atoms with Crippen LogP contribution in [0.15, 0.2) is 0 Å². The highest BCUT2D eigenvalue weighted by molar-refractivity contribution is 7.15. The lowest BCUT2D eigenvalue weighted by Gasteiger charge is -2.15. The first-order chi connectivity index (χ1) is 8.81. The normalized spacial score (nSPS) is 26.9. The molecule has 4 heteroatoms. The molecule has 0 amide bonds. The summed E-state index contributed by atoms with van der Waals surface area (Å²) in [4.78, 5) is 8.29. The molecule has 1 aromatic heterocycles. The molecule has 0 radical (unpaired) electrons. The fourth-order valence-corrected chi connectivity index (χ4v) is 4.44. The Hall–Kier alpha value is -0.610. The van der Waals surface area contributed by atoms with Crippen LogP contribution in [0.2, 0.25) is 0 Å². The minimum atomic E-state index is 0.147. The van der Waals surface area contributed by atoms with Crippen LogP contribution in [-0.4, -0.2) is 23.2 Å². The van der Waals surface area contributed by atoms with Crippen molar-refractivity contribution in [1.29, 1.82) is 0 Å². The van der Waals surface area contributed by atoms with Gasteiger partial charge in [-0.15, -0.1) is 0 Å². The molecule has 2 heterocycles. The maximum absolute atomic E-state index is 9.41. The molecule has 1 aliphatic heterocycles. The molecule has 0 aromatic carbocycles. The Balaban J connectivity index is 1.76. The van der Waals surface area contributed by atoms with E-state index in [2.05, 4.69) is 11.8 Å². The minimum Gasteiger partial charge on any atom is -0.391 e. The van der Waals surface area contributed by atoms with Crippen LogP contribution in [0.25, 0.3) is 0 Å². The van der Waals surface area contributed by atoms with Gasteiger partial charge in [0.2, 0.25) is 0 Å². The smallest absolute Gasteiger partial charge is 0.185 e. The van der Waals surface area contributed by atoms with E-state index in [1.54, 1.807) is 11.3 Å². The van der Waals surface area contributed by atoms with Gasteiger partial charge in [-0.25, -0.2) is 4.98 Å². The van der Waals surface area contributed by atoms with Crippen LogP contribution in [0.3, 0.4) is 0 Å². The van der Waals surface area contributed by atoms with E-state index in [0.29, 0.717) is 0 Å². The summed E-state index contributed by atoms with van der Waals surface area (Å²) in [5.41, 5.74) is 1.12. The Kier molecular flexibility index (Phi) is 3.57. The number of rotatable bonds is 4. The highest BCUT2D eigenvalue weighted by Crippen LogP contribution is 2.41. The first-order valence-corrected chi connectivity index (χ1v) is 7.97. The van der Waals surface area contributed by atoms with E-state index in [9.17, 15) is 5.11 Å². The quantitative estimate of drug-likeness (QED) is 0.910. The maximum Gasteiger partial charge on any atom is 0.185 e. The Morgan fingerprint density at radius 1 is 1.33 bits per heavy atom. The van der Waals surface area contributed by atoms with Crippen molar-refractivity contribution < 1.29 is 5.11 Å².